The minimum Gasteiger partial charge on any atom is -0.391 e. The summed E-state index contributed by atoms with van der Waals surface area (Å²) in [6.45, 7) is 2.74. The first-order valence-electron chi connectivity index (χ1n) is 7.17. The van der Waals surface area contributed by atoms with Gasteiger partial charge in [-0.15, -0.1) is 0 Å². The number of anilines is 1. The molecule has 3 nitrogen and oxygen atoms in total. The summed E-state index contributed by atoms with van der Waals surface area (Å²) < 4.78 is 1.14. The lowest BCUT2D eigenvalue weighted by Crippen LogP contribution is -2.38. The molecule has 1 aliphatic heterocycles. The van der Waals surface area contributed by atoms with Crippen LogP contribution in [0.2, 0.25) is 0 Å². The van der Waals surface area contributed by atoms with E-state index >= 15 is 0 Å². The molecular formula is C15H21BrN2O. The predicted molar refractivity (Wildman–Crippen MR) is 81.5 cm³/mol. The zero-order valence-electron chi connectivity index (χ0n) is 11.1. The zero-order valence-corrected chi connectivity index (χ0v) is 12.7. The zero-order chi connectivity index (χ0) is 13.2. The second-order valence-corrected chi connectivity index (χ2v) is 6.54. The summed E-state index contributed by atoms with van der Waals surface area (Å²) in [6.07, 6.45) is 4.46. The topological polar surface area (TPSA) is 35.5 Å². The van der Waals surface area contributed by atoms with Crippen molar-refractivity contribution < 1.29 is 5.11 Å². The largest absolute Gasteiger partial charge is 0.391 e. The van der Waals surface area contributed by atoms with Crippen molar-refractivity contribution in [2.24, 2.45) is 0 Å². The van der Waals surface area contributed by atoms with Crippen molar-refractivity contribution >= 4 is 21.6 Å². The van der Waals surface area contributed by atoms with Gasteiger partial charge in [0.05, 0.1) is 11.8 Å². The Balaban J connectivity index is 1.67. The number of aliphatic hydroxyl groups is 1. The molecule has 0 aromatic heterocycles. The van der Waals surface area contributed by atoms with E-state index in [1.165, 1.54) is 24.1 Å². The molecule has 1 saturated carbocycles. The third-order valence-electron chi connectivity index (χ3n) is 3.92. The van der Waals surface area contributed by atoms with Crippen molar-refractivity contribution in [2.75, 3.05) is 18.0 Å². The van der Waals surface area contributed by atoms with E-state index in [0.717, 1.165) is 43.0 Å². The first kappa shape index (κ1) is 13.4. The smallest absolute Gasteiger partial charge is 0.0715 e. The van der Waals surface area contributed by atoms with Gasteiger partial charge in [0.15, 0.2) is 0 Å². The minimum atomic E-state index is -0.183. The fourth-order valence-electron chi connectivity index (χ4n) is 2.64. The summed E-state index contributed by atoms with van der Waals surface area (Å²) in [5.41, 5.74) is 2.52. The summed E-state index contributed by atoms with van der Waals surface area (Å²) in [7, 11) is 0. The van der Waals surface area contributed by atoms with Crippen LogP contribution in [0, 0.1) is 0 Å². The van der Waals surface area contributed by atoms with Crippen molar-refractivity contribution in [1.82, 2.24) is 5.32 Å². The second kappa shape index (κ2) is 5.81. The molecule has 1 aliphatic carbocycles. The third kappa shape index (κ3) is 3.50. The first-order chi connectivity index (χ1) is 9.22. The Morgan fingerprint density at radius 3 is 2.84 bits per heavy atom. The molecule has 1 aromatic rings. The standard InChI is InChI=1S/C15H21BrN2O/c16-14-8-11(9-17-12-4-5-12)3-6-15(14)18-7-1-2-13(19)10-18/h3,6,8,12-13,17,19H,1-2,4-5,7,9-10H2. The molecule has 3 rings (SSSR count). The van der Waals surface area contributed by atoms with E-state index in [2.05, 4.69) is 44.3 Å². The molecule has 1 heterocycles. The van der Waals surface area contributed by atoms with E-state index in [-0.39, 0.29) is 6.10 Å². The molecule has 0 radical (unpaired) electrons. The monoisotopic (exact) mass is 324 g/mol. The maximum absolute atomic E-state index is 9.77. The molecule has 19 heavy (non-hydrogen) atoms. The number of β-amino-alcohol motifs (C(OH)–C–C–N with tert-alkyl or cyclic N) is 1. The third-order valence-corrected chi connectivity index (χ3v) is 4.56. The van der Waals surface area contributed by atoms with Crippen LogP contribution in [0.25, 0.3) is 0 Å². The minimum absolute atomic E-state index is 0.183. The average molecular weight is 325 g/mol. The lowest BCUT2D eigenvalue weighted by molar-refractivity contribution is 0.154. The van der Waals surface area contributed by atoms with E-state index in [4.69, 9.17) is 0 Å². The normalized spacial score (nSPS) is 23.7. The van der Waals surface area contributed by atoms with Gasteiger partial charge < -0.3 is 15.3 Å². The summed E-state index contributed by atoms with van der Waals surface area (Å²) in [5.74, 6) is 0. The lowest BCUT2D eigenvalue weighted by atomic mass is 10.1. The number of halogens is 1. The number of benzene rings is 1. The average Bonchev–Trinajstić information content (AvgIpc) is 3.20. The van der Waals surface area contributed by atoms with Gasteiger partial charge in [0, 0.05) is 30.1 Å². The molecule has 2 N–H and O–H groups in total. The molecular weight excluding hydrogens is 304 g/mol. The SMILES string of the molecule is OC1CCCN(c2ccc(CNC3CC3)cc2Br)C1. The van der Waals surface area contributed by atoms with Crippen molar-refractivity contribution in [3.8, 4) is 0 Å². The molecule has 2 fully saturated rings. The highest BCUT2D eigenvalue weighted by atomic mass is 79.9. The van der Waals surface area contributed by atoms with E-state index in [9.17, 15) is 5.11 Å². The molecule has 1 aromatic carbocycles. The quantitative estimate of drug-likeness (QED) is 0.893. The Morgan fingerprint density at radius 2 is 2.16 bits per heavy atom. The fourth-order valence-corrected chi connectivity index (χ4v) is 3.32. The molecule has 1 saturated heterocycles. The summed E-state index contributed by atoms with van der Waals surface area (Å²) in [5, 5.41) is 13.3. The molecule has 104 valence electrons. The maximum Gasteiger partial charge on any atom is 0.0715 e. The number of rotatable bonds is 4. The number of nitrogens with zero attached hydrogens (tertiary/aromatic N) is 1. The number of nitrogens with one attached hydrogen (secondary N) is 1. The van der Waals surface area contributed by atoms with Gasteiger partial charge in [-0.05, 0) is 59.3 Å². The van der Waals surface area contributed by atoms with E-state index in [1.807, 2.05) is 0 Å². The highest BCUT2D eigenvalue weighted by Gasteiger charge is 2.21. The molecule has 0 amide bonds. The maximum atomic E-state index is 9.77. The van der Waals surface area contributed by atoms with Gasteiger partial charge in [-0.1, -0.05) is 6.07 Å². The predicted octanol–water partition coefficient (Wildman–Crippen LogP) is 2.66. The van der Waals surface area contributed by atoms with Crippen LogP contribution in [-0.4, -0.2) is 30.3 Å². The lowest BCUT2D eigenvalue weighted by Gasteiger charge is -2.32. The number of hydrogen-bond donors (Lipinski definition) is 2. The van der Waals surface area contributed by atoms with Gasteiger partial charge in [-0.2, -0.15) is 0 Å². The molecule has 1 atom stereocenters. The molecule has 1 unspecified atom stereocenters. The number of piperidine rings is 1. The van der Waals surface area contributed by atoms with Crippen molar-refractivity contribution in [3.63, 3.8) is 0 Å². The van der Waals surface area contributed by atoms with Crippen LogP contribution in [-0.2, 0) is 6.54 Å². The van der Waals surface area contributed by atoms with Crippen LogP contribution >= 0.6 is 15.9 Å². The van der Waals surface area contributed by atoms with Crippen LogP contribution in [0.3, 0.4) is 0 Å². The molecule has 2 aliphatic rings. The summed E-state index contributed by atoms with van der Waals surface area (Å²) in [6, 6.07) is 7.31. The summed E-state index contributed by atoms with van der Waals surface area (Å²) >= 11 is 3.67. The number of aliphatic hydroxyl groups excluding tert-OH is 1. The van der Waals surface area contributed by atoms with E-state index < -0.39 is 0 Å². The Kier molecular flexibility index (Phi) is 4.10. The van der Waals surface area contributed by atoms with Crippen molar-refractivity contribution in [1.29, 1.82) is 0 Å². The van der Waals surface area contributed by atoms with Crippen LogP contribution < -0.4 is 10.2 Å². The Morgan fingerprint density at radius 1 is 1.32 bits per heavy atom. The Bertz CT molecular complexity index is 448. The first-order valence-corrected chi connectivity index (χ1v) is 7.96. The van der Waals surface area contributed by atoms with Gasteiger partial charge in [0.1, 0.15) is 0 Å². The van der Waals surface area contributed by atoms with Gasteiger partial charge in [0.25, 0.3) is 0 Å². The Hall–Kier alpha value is -0.580. The highest BCUT2D eigenvalue weighted by molar-refractivity contribution is 9.10. The van der Waals surface area contributed by atoms with Gasteiger partial charge in [-0.3, -0.25) is 0 Å². The van der Waals surface area contributed by atoms with Crippen molar-refractivity contribution in [3.05, 3.63) is 28.2 Å². The van der Waals surface area contributed by atoms with E-state index in [0.29, 0.717) is 0 Å². The van der Waals surface area contributed by atoms with Crippen LogP contribution in [0.4, 0.5) is 5.69 Å². The van der Waals surface area contributed by atoms with Crippen LogP contribution in [0.1, 0.15) is 31.2 Å². The van der Waals surface area contributed by atoms with Gasteiger partial charge in [0.2, 0.25) is 0 Å². The summed E-state index contributed by atoms with van der Waals surface area (Å²) in [4.78, 5) is 2.27. The van der Waals surface area contributed by atoms with Crippen LogP contribution in [0.15, 0.2) is 22.7 Å². The fraction of sp³-hybridized carbons (Fsp3) is 0.600. The number of hydrogen-bond acceptors (Lipinski definition) is 3. The molecule has 4 heteroatoms. The molecule has 0 bridgehead atoms. The van der Waals surface area contributed by atoms with Crippen molar-refractivity contribution in [2.45, 2.75) is 44.4 Å². The van der Waals surface area contributed by atoms with E-state index in [1.54, 1.807) is 0 Å². The van der Waals surface area contributed by atoms with Crippen LogP contribution in [0.5, 0.6) is 0 Å². The second-order valence-electron chi connectivity index (χ2n) is 5.68. The molecule has 0 spiro atoms. The van der Waals surface area contributed by atoms with Gasteiger partial charge in [-0.25, -0.2) is 0 Å². The Labute approximate surface area is 123 Å². The van der Waals surface area contributed by atoms with Gasteiger partial charge >= 0.3 is 0 Å². The highest BCUT2D eigenvalue weighted by Crippen LogP contribution is 2.30.